The van der Waals surface area contributed by atoms with E-state index in [9.17, 15) is 4.79 Å². The average molecular weight is 230 g/mol. The Labute approximate surface area is 94.6 Å². The number of rotatable bonds is 4. The number of nitrogens with one attached hydrogen (secondary N) is 1. The van der Waals surface area contributed by atoms with Crippen LogP contribution in [0, 0.1) is 0 Å². The predicted molar refractivity (Wildman–Crippen MR) is 60.1 cm³/mol. The fraction of sp³-hybridized carbons (Fsp3) is 0.600. The van der Waals surface area contributed by atoms with Crippen LogP contribution in [0.15, 0.2) is 12.5 Å². The van der Waals surface area contributed by atoms with E-state index in [4.69, 9.17) is 11.6 Å². The molecule has 0 saturated carbocycles. The first kappa shape index (κ1) is 12.0. The van der Waals surface area contributed by atoms with Gasteiger partial charge in [0, 0.05) is 24.7 Å². The van der Waals surface area contributed by atoms with E-state index in [2.05, 4.69) is 10.3 Å². The van der Waals surface area contributed by atoms with Crippen LogP contribution in [0.4, 0.5) is 0 Å². The van der Waals surface area contributed by atoms with Gasteiger partial charge in [-0.15, -0.1) is 11.6 Å². The molecule has 15 heavy (non-hydrogen) atoms. The molecule has 1 heterocycles. The van der Waals surface area contributed by atoms with Crippen molar-refractivity contribution < 1.29 is 4.79 Å². The van der Waals surface area contributed by atoms with Crippen LogP contribution < -0.4 is 5.32 Å². The first-order valence-electron chi connectivity index (χ1n) is 4.92. The van der Waals surface area contributed by atoms with Gasteiger partial charge < -0.3 is 9.88 Å². The summed E-state index contributed by atoms with van der Waals surface area (Å²) in [5.41, 5.74) is 0.437. The number of alkyl halides is 1. The second-order valence-corrected chi connectivity index (χ2v) is 4.56. The SMILES string of the molecule is CC(Cl)CC(C)NC(=O)c1cn(C)cn1. The van der Waals surface area contributed by atoms with Crippen LogP contribution in [0.25, 0.3) is 0 Å². The summed E-state index contributed by atoms with van der Waals surface area (Å²) in [6.45, 7) is 3.84. The maximum Gasteiger partial charge on any atom is 0.271 e. The minimum atomic E-state index is -0.152. The quantitative estimate of drug-likeness (QED) is 0.797. The van der Waals surface area contributed by atoms with Crippen LogP contribution >= 0.6 is 11.6 Å². The number of amides is 1. The molecule has 0 radical (unpaired) electrons. The third-order valence-electron chi connectivity index (χ3n) is 1.99. The summed E-state index contributed by atoms with van der Waals surface area (Å²) in [5, 5.41) is 2.90. The molecule has 1 N–H and O–H groups in total. The molecule has 0 bridgehead atoms. The van der Waals surface area contributed by atoms with Gasteiger partial charge in [0.05, 0.1) is 6.33 Å². The lowest BCUT2D eigenvalue weighted by Gasteiger charge is -2.13. The normalized spacial score (nSPS) is 14.7. The summed E-state index contributed by atoms with van der Waals surface area (Å²) in [5.74, 6) is -0.152. The number of carbonyl (C=O) groups excluding carboxylic acids is 1. The number of halogens is 1. The number of carbonyl (C=O) groups is 1. The van der Waals surface area contributed by atoms with Crippen LogP contribution in [-0.2, 0) is 7.05 Å². The Morgan fingerprint density at radius 2 is 2.33 bits per heavy atom. The highest BCUT2D eigenvalue weighted by Gasteiger charge is 2.13. The summed E-state index contributed by atoms with van der Waals surface area (Å²) in [4.78, 5) is 15.6. The van der Waals surface area contributed by atoms with E-state index < -0.39 is 0 Å². The molecule has 1 aromatic heterocycles. The molecular formula is C10H16ClN3O. The van der Waals surface area contributed by atoms with Gasteiger partial charge in [-0.25, -0.2) is 4.98 Å². The smallest absolute Gasteiger partial charge is 0.271 e. The summed E-state index contributed by atoms with van der Waals surface area (Å²) in [6, 6.07) is 0.0620. The lowest BCUT2D eigenvalue weighted by Crippen LogP contribution is -2.34. The number of nitrogens with zero attached hydrogens (tertiary/aromatic N) is 2. The second-order valence-electron chi connectivity index (χ2n) is 3.82. The molecule has 0 aliphatic heterocycles. The summed E-state index contributed by atoms with van der Waals surface area (Å²) < 4.78 is 1.74. The number of imidazole rings is 1. The van der Waals surface area contributed by atoms with Crippen molar-refractivity contribution in [3.05, 3.63) is 18.2 Å². The van der Waals surface area contributed by atoms with E-state index >= 15 is 0 Å². The molecule has 5 heteroatoms. The van der Waals surface area contributed by atoms with Crippen molar-refractivity contribution in [1.82, 2.24) is 14.9 Å². The Bertz CT molecular complexity index is 335. The number of aromatic nitrogens is 2. The minimum absolute atomic E-state index is 0.0593. The van der Waals surface area contributed by atoms with Gasteiger partial charge in [0.15, 0.2) is 0 Å². The highest BCUT2D eigenvalue weighted by Crippen LogP contribution is 2.05. The Hall–Kier alpha value is -1.03. The van der Waals surface area contributed by atoms with E-state index in [1.54, 1.807) is 17.1 Å². The molecular weight excluding hydrogens is 214 g/mol. The number of aryl methyl sites for hydroxylation is 1. The molecule has 2 unspecified atom stereocenters. The third-order valence-corrected chi connectivity index (χ3v) is 2.17. The molecule has 0 saturated heterocycles. The van der Waals surface area contributed by atoms with Gasteiger partial charge in [-0.1, -0.05) is 0 Å². The third kappa shape index (κ3) is 3.91. The van der Waals surface area contributed by atoms with Crippen LogP contribution in [0.3, 0.4) is 0 Å². The highest BCUT2D eigenvalue weighted by molar-refractivity contribution is 6.20. The van der Waals surface area contributed by atoms with E-state index in [0.717, 1.165) is 6.42 Å². The molecule has 0 spiro atoms. The maximum atomic E-state index is 11.6. The zero-order chi connectivity index (χ0) is 11.4. The van der Waals surface area contributed by atoms with Gasteiger partial charge in [-0.05, 0) is 20.3 Å². The average Bonchev–Trinajstić information content (AvgIpc) is 2.49. The van der Waals surface area contributed by atoms with Crippen molar-refractivity contribution in [2.75, 3.05) is 0 Å². The first-order chi connectivity index (χ1) is 6.99. The maximum absolute atomic E-state index is 11.6. The molecule has 2 atom stereocenters. The Balaban J connectivity index is 2.49. The van der Waals surface area contributed by atoms with Crippen LogP contribution in [0.2, 0.25) is 0 Å². The first-order valence-corrected chi connectivity index (χ1v) is 5.35. The van der Waals surface area contributed by atoms with Crippen LogP contribution in [0.5, 0.6) is 0 Å². The van der Waals surface area contributed by atoms with E-state index in [1.807, 2.05) is 20.9 Å². The van der Waals surface area contributed by atoms with Crippen molar-refractivity contribution in [2.45, 2.75) is 31.7 Å². The summed E-state index contributed by atoms with van der Waals surface area (Å²) in [7, 11) is 1.83. The zero-order valence-corrected chi connectivity index (χ0v) is 9.95. The fourth-order valence-electron chi connectivity index (χ4n) is 1.37. The van der Waals surface area contributed by atoms with Gasteiger partial charge in [0.1, 0.15) is 5.69 Å². The Morgan fingerprint density at radius 1 is 1.67 bits per heavy atom. The number of hydrogen-bond acceptors (Lipinski definition) is 2. The zero-order valence-electron chi connectivity index (χ0n) is 9.20. The highest BCUT2D eigenvalue weighted by atomic mass is 35.5. The van der Waals surface area contributed by atoms with Crippen molar-refractivity contribution in [1.29, 1.82) is 0 Å². The van der Waals surface area contributed by atoms with Crippen LogP contribution in [-0.4, -0.2) is 26.9 Å². The van der Waals surface area contributed by atoms with Crippen LogP contribution in [0.1, 0.15) is 30.8 Å². The number of hydrogen-bond donors (Lipinski definition) is 1. The van der Waals surface area contributed by atoms with Crippen molar-refractivity contribution >= 4 is 17.5 Å². The largest absolute Gasteiger partial charge is 0.348 e. The Morgan fingerprint density at radius 3 is 2.80 bits per heavy atom. The van der Waals surface area contributed by atoms with Crippen molar-refractivity contribution in [3.8, 4) is 0 Å². The molecule has 84 valence electrons. The molecule has 1 aromatic rings. The molecule has 4 nitrogen and oxygen atoms in total. The van der Waals surface area contributed by atoms with E-state index in [0.29, 0.717) is 5.69 Å². The minimum Gasteiger partial charge on any atom is -0.348 e. The second kappa shape index (κ2) is 5.16. The molecule has 1 amide bonds. The van der Waals surface area contributed by atoms with Crippen molar-refractivity contribution in [3.63, 3.8) is 0 Å². The topological polar surface area (TPSA) is 46.9 Å². The van der Waals surface area contributed by atoms with E-state index in [1.165, 1.54) is 0 Å². The van der Waals surface area contributed by atoms with Crippen molar-refractivity contribution in [2.24, 2.45) is 7.05 Å². The fourth-order valence-corrected chi connectivity index (χ4v) is 1.64. The van der Waals surface area contributed by atoms with Gasteiger partial charge in [0.25, 0.3) is 5.91 Å². The molecule has 0 aliphatic carbocycles. The van der Waals surface area contributed by atoms with Gasteiger partial charge in [-0.3, -0.25) is 4.79 Å². The van der Waals surface area contributed by atoms with E-state index in [-0.39, 0.29) is 17.3 Å². The standard InChI is InChI=1S/C10H16ClN3O/c1-7(11)4-8(2)13-10(15)9-5-14(3)6-12-9/h5-8H,4H2,1-3H3,(H,13,15). The summed E-state index contributed by atoms with van der Waals surface area (Å²) >= 11 is 5.84. The predicted octanol–water partition coefficient (Wildman–Crippen LogP) is 1.56. The lowest BCUT2D eigenvalue weighted by atomic mass is 10.2. The van der Waals surface area contributed by atoms with Gasteiger partial charge in [-0.2, -0.15) is 0 Å². The molecule has 1 rings (SSSR count). The molecule has 0 aliphatic rings. The van der Waals surface area contributed by atoms with Gasteiger partial charge in [0.2, 0.25) is 0 Å². The Kier molecular flexibility index (Phi) is 4.15. The molecule has 0 fully saturated rings. The molecule has 0 aromatic carbocycles. The monoisotopic (exact) mass is 229 g/mol. The van der Waals surface area contributed by atoms with Gasteiger partial charge >= 0.3 is 0 Å². The lowest BCUT2D eigenvalue weighted by molar-refractivity contribution is 0.0934. The summed E-state index contributed by atoms with van der Waals surface area (Å²) in [6.07, 6.45) is 4.04.